The first kappa shape index (κ1) is 22.3. The highest BCUT2D eigenvalue weighted by molar-refractivity contribution is 7.16. The van der Waals surface area contributed by atoms with E-state index in [0.717, 1.165) is 22.5 Å². The van der Waals surface area contributed by atoms with Crippen molar-refractivity contribution in [1.82, 2.24) is 14.9 Å². The van der Waals surface area contributed by atoms with Crippen LogP contribution in [0.1, 0.15) is 26.5 Å². The Kier molecular flexibility index (Phi) is 6.60. The quantitative estimate of drug-likeness (QED) is 0.438. The molecule has 0 unspecified atom stereocenters. The Morgan fingerprint density at radius 2 is 1.67 bits per heavy atom. The fraction of sp³-hybridized carbons (Fsp3) is 0.125. The van der Waals surface area contributed by atoms with E-state index in [2.05, 4.69) is 10.3 Å². The molecule has 0 atom stereocenters. The third-order valence-electron chi connectivity index (χ3n) is 4.77. The number of halogens is 2. The minimum atomic E-state index is -0.362. The summed E-state index contributed by atoms with van der Waals surface area (Å²) in [4.78, 5) is 29.9. The number of nitrogens with zero attached hydrogens (tertiary/aromatic N) is 2. The van der Waals surface area contributed by atoms with Crippen molar-refractivity contribution in [3.8, 4) is 10.9 Å². The van der Waals surface area contributed by atoms with E-state index >= 15 is 0 Å². The standard InChI is InChI=1S/C24H19F2N3O3S/c1-15-22(23(31)27-13-16-2-6-18(25)7-3-16)33-24(28-15)29-11-10-20(12-21(29)30)32-14-17-4-8-19(26)9-5-17/h2-12H,13-14H2,1H3,(H,27,31). The number of carbonyl (C=O) groups excluding carboxylic acids is 1. The molecule has 0 spiro atoms. The van der Waals surface area contributed by atoms with Crippen molar-refractivity contribution in [2.24, 2.45) is 0 Å². The topological polar surface area (TPSA) is 73.2 Å². The molecule has 9 heteroatoms. The molecule has 0 fully saturated rings. The third kappa shape index (κ3) is 5.50. The zero-order valence-corrected chi connectivity index (χ0v) is 18.4. The van der Waals surface area contributed by atoms with Gasteiger partial charge in [-0.1, -0.05) is 35.6 Å². The highest BCUT2D eigenvalue weighted by Gasteiger charge is 2.17. The summed E-state index contributed by atoms with van der Waals surface area (Å²) in [6.07, 6.45) is 1.53. The summed E-state index contributed by atoms with van der Waals surface area (Å²) in [5.74, 6) is -0.632. The molecular formula is C24H19F2N3O3S. The molecule has 0 saturated carbocycles. The van der Waals surface area contributed by atoms with Gasteiger partial charge in [-0.25, -0.2) is 13.8 Å². The molecule has 168 valence electrons. The molecule has 0 saturated heterocycles. The van der Waals surface area contributed by atoms with Gasteiger partial charge in [-0.2, -0.15) is 0 Å². The van der Waals surface area contributed by atoms with Crippen molar-refractivity contribution in [2.45, 2.75) is 20.1 Å². The number of aromatic nitrogens is 2. The van der Waals surface area contributed by atoms with Gasteiger partial charge in [-0.05, 0) is 48.4 Å². The van der Waals surface area contributed by atoms with E-state index in [4.69, 9.17) is 4.74 Å². The van der Waals surface area contributed by atoms with Crippen LogP contribution in [-0.2, 0) is 13.2 Å². The van der Waals surface area contributed by atoms with Gasteiger partial charge in [-0.15, -0.1) is 0 Å². The van der Waals surface area contributed by atoms with Crippen molar-refractivity contribution in [2.75, 3.05) is 0 Å². The molecular weight excluding hydrogens is 448 g/mol. The highest BCUT2D eigenvalue weighted by atomic mass is 32.1. The average Bonchev–Trinajstić information content (AvgIpc) is 3.19. The number of aryl methyl sites for hydroxylation is 1. The zero-order chi connectivity index (χ0) is 23.4. The number of pyridine rings is 1. The maximum absolute atomic E-state index is 13.0. The van der Waals surface area contributed by atoms with Crippen molar-refractivity contribution in [3.63, 3.8) is 0 Å². The second-order valence-corrected chi connectivity index (χ2v) is 8.18. The number of amides is 1. The zero-order valence-electron chi connectivity index (χ0n) is 17.5. The highest BCUT2D eigenvalue weighted by Crippen LogP contribution is 2.21. The van der Waals surface area contributed by atoms with Gasteiger partial charge in [0.2, 0.25) is 0 Å². The molecule has 0 aliphatic heterocycles. The van der Waals surface area contributed by atoms with Crippen molar-refractivity contribution in [3.05, 3.63) is 111 Å². The lowest BCUT2D eigenvalue weighted by Gasteiger charge is -2.07. The summed E-state index contributed by atoms with van der Waals surface area (Å²) in [7, 11) is 0. The molecule has 2 aromatic heterocycles. The van der Waals surface area contributed by atoms with Gasteiger partial charge < -0.3 is 10.1 Å². The van der Waals surface area contributed by atoms with Crippen LogP contribution in [0.3, 0.4) is 0 Å². The SMILES string of the molecule is Cc1nc(-n2ccc(OCc3ccc(F)cc3)cc2=O)sc1C(=O)NCc1ccc(F)cc1. The molecule has 4 aromatic rings. The molecule has 0 radical (unpaired) electrons. The summed E-state index contributed by atoms with van der Waals surface area (Å²) < 4.78 is 33.0. The van der Waals surface area contributed by atoms with Crippen molar-refractivity contribution < 1.29 is 18.3 Å². The first-order valence-corrected chi connectivity index (χ1v) is 10.8. The van der Waals surface area contributed by atoms with Crippen molar-refractivity contribution >= 4 is 17.2 Å². The summed E-state index contributed by atoms with van der Waals surface area (Å²) in [5, 5.41) is 3.13. The average molecular weight is 467 g/mol. The normalized spacial score (nSPS) is 10.8. The summed E-state index contributed by atoms with van der Waals surface area (Å²) in [5.41, 5.74) is 1.67. The molecule has 0 bridgehead atoms. The van der Waals surface area contributed by atoms with Gasteiger partial charge in [0.25, 0.3) is 11.5 Å². The Bertz CT molecular complexity index is 1330. The number of hydrogen-bond acceptors (Lipinski definition) is 5. The van der Waals surface area contributed by atoms with Gasteiger partial charge in [0.05, 0.1) is 5.69 Å². The van der Waals surface area contributed by atoms with Crippen LogP contribution in [0.2, 0.25) is 0 Å². The maximum Gasteiger partial charge on any atom is 0.263 e. The molecule has 6 nitrogen and oxygen atoms in total. The third-order valence-corrected chi connectivity index (χ3v) is 5.93. The Morgan fingerprint density at radius 3 is 2.30 bits per heavy atom. The Morgan fingerprint density at radius 1 is 1.03 bits per heavy atom. The van der Waals surface area contributed by atoms with Gasteiger partial charge in [0.15, 0.2) is 5.13 Å². The lowest BCUT2D eigenvalue weighted by atomic mass is 10.2. The molecule has 0 aliphatic rings. The van der Waals surface area contributed by atoms with Crippen LogP contribution >= 0.6 is 11.3 Å². The number of hydrogen-bond donors (Lipinski definition) is 1. The fourth-order valence-electron chi connectivity index (χ4n) is 3.02. The Hall–Kier alpha value is -3.85. The van der Waals surface area contributed by atoms with E-state index in [9.17, 15) is 18.4 Å². The van der Waals surface area contributed by atoms with E-state index < -0.39 is 0 Å². The van der Waals surface area contributed by atoms with Crippen LogP contribution in [0.15, 0.2) is 71.7 Å². The second-order valence-electron chi connectivity index (χ2n) is 7.21. The smallest absolute Gasteiger partial charge is 0.263 e. The van der Waals surface area contributed by atoms with E-state index in [1.54, 1.807) is 37.3 Å². The van der Waals surface area contributed by atoms with Crippen LogP contribution in [-0.4, -0.2) is 15.5 Å². The lowest BCUT2D eigenvalue weighted by molar-refractivity contribution is 0.0954. The van der Waals surface area contributed by atoms with Crippen LogP contribution in [0.4, 0.5) is 8.78 Å². The summed E-state index contributed by atoms with van der Waals surface area (Å²) in [6, 6.07) is 14.7. The Labute approximate surface area is 192 Å². The molecule has 0 aliphatic carbocycles. The number of ether oxygens (including phenoxy) is 1. The molecule has 2 heterocycles. The lowest BCUT2D eigenvalue weighted by Crippen LogP contribution is -2.22. The van der Waals surface area contributed by atoms with E-state index in [-0.39, 0.29) is 36.3 Å². The van der Waals surface area contributed by atoms with Gasteiger partial charge >= 0.3 is 0 Å². The second kappa shape index (κ2) is 9.74. The minimum Gasteiger partial charge on any atom is -0.489 e. The largest absolute Gasteiger partial charge is 0.489 e. The van der Waals surface area contributed by atoms with E-state index in [0.29, 0.717) is 21.5 Å². The fourth-order valence-corrected chi connectivity index (χ4v) is 3.99. The number of carbonyl (C=O) groups is 1. The van der Waals surface area contributed by atoms with Crippen LogP contribution in [0, 0.1) is 18.6 Å². The van der Waals surface area contributed by atoms with Gasteiger partial charge in [0.1, 0.15) is 28.9 Å². The minimum absolute atomic E-state index is 0.193. The van der Waals surface area contributed by atoms with Gasteiger partial charge in [0, 0.05) is 18.8 Å². The number of benzene rings is 2. The number of nitrogens with one attached hydrogen (secondary N) is 1. The summed E-state index contributed by atoms with van der Waals surface area (Å²) in [6.45, 7) is 2.13. The molecule has 4 rings (SSSR count). The van der Waals surface area contributed by atoms with Gasteiger partial charge in [-0.3, -0.25) is 14.2 Å². The maximum atomic E-state index is 13.0. The monoisotopic (exact) mass is 467 g/mol. The van der Waals surface area contributed by atoms with Crippen molar-refractivity contribution in [1.29, 1.82) is 0 Å². The summed E-state index contributed by atoms with van der Waals surface area (Å²) >= 11 is 1.09. The predicted octanol–water partition coefficient (Wildman–Crippen LogP) is 4.39. The predicted molar refractivity (Wildman–Crippen MR) is 121 cm³/mol. The number of thiazole rings is 1. The molecule has 33 heavy (non-hydrogen) atoms. The first-order valence-electron chi connectivity index (χ1n) is 9.99. The molecule has 2 aromatic carbocycles. The van der Waals surface area contributed by atoms with E-state index in [1.807, 2.05) is 0 Å². The Balaban J connectivity index is 1.44. The van der Waals surface area contributed by atoms with Crippen LogP contribution in [0.5, 0.6) is 5.75 Å². The van der Waals surface area contributed by atoms with Crippen LogP contribution in [0.25, 0.3) is 5.13 Å². The number of rotatable bonds is 7. The van der Waals surface area contributed by atoms with Crippen LogP contribution < -0.4 is 15.6 Å². The molecule has 1 N–H and O–H groups in total. The first-order chi connectivity index (χ1) is 15.9. The van der Waals surface area contributed by atoms with E-state index in [1.165, 1.54) is 41.1 Å². The molecule has 1 amide bonds.